The van der Waals surface area contributed by atoms with Gasteiger partial charge in [-0.2, -0.15) is 0 Å². The number of H-pyrrole nitrogens is 1. The normalized spacial score (nSPS) is 16.8. The molecule has 3 heterocycles. The minimum atomic E-state index is -0.348. The van der Waals surface area contributed by atoms with E-state index in [4.69, 9.17) is 4.74 Å². The maximum absolute atomic E-state index is 13.9. The third-order valence-electron chi connectivity index (χ3n) is 5.64. The number of fused-ring (bicyclic) bond motifs is 1. The van der Waals surface area contributed by atoms with Crippen LogP contribution in [0, 0.1) is 11.7 Å². The summed E-state index contributed by atoms with van der Waals surface area (Å²) in [6.45, 7) is 1.36. The zero-order valence-corrected chi connectivity index (χ0v) is 16.1. The molecule has 3 aromatic rings. The fraction of sp³-hybridized carbons (Fsp3) is 0.318. The van der Waals surface area contributed by atoms with Gasteiger partial charge in [0, 0.05) is 35.7 Å². The van der Waals surface area contributed by atoms with E-state index in [2.05, 4.69) is 21.0 Å². The summed E-state index contributed by atoms with van der Waals surface area (Å²) in [4.78, 5) is 26.3. The highest BCUT2D eigenvalue weighted by molar-refractivity contribution is 5.94. The molecule has 2 aromatic heterocycles. The molecule has 0 unspecified atom stereocenters. The molecule has 1 aromatic carbocycles. The first-order valence-corrected chi connectivity index (χ1v) is 9.80. The third kappa shape index (κ3) is 3.26. The summed E-state index contributed by atoms with van der Waals surface area (Å²) in [6.07, 6.45) is 6.41. The Morgan fingerprint density at radius 2 is 2.14 bits per heavy atom. The number of hydrogen-bond acceptors (Lipinski definition) is 4. The van der Waals surface area contributed by atoms with Crippen molar-refractivity contribution in [1.29, 1.82) is 0 Å². The van der Waals surface area contributed by atoms with Crippen LogP contribution in [0.25, 0.3) is 27.9 Å². The number of benzene rings is 1. The van der Waals surface area contributed by atoms with E-state index in [1.54, 1.807) is 13.2 Å². The summed E-state index contributed by atoms with van der Waals surface area (Å²) in [5.74, 6) is 0.736. The van der Waals surface area contributed by atoms with E-state index >= 15 is 0 Å². The van der Waals surface area contributed by atoms with Crippen LogP contribution in [-0.2, 0) is 4.79 Å². The van der Waals surface area contributed by atoms with Crippen molar-refractivity contribution in [1.82, 2.24) is 19.9 Å². The Morgan fingerprint density at radius 1 is 1.28 bits per heavy atom. The minimum Gasteiger partial charge on any atom is -0.496 e. The van der Waals surface area contributed by atoms with Crippen molar-refractivity contribution < 1.29 is 13.9 Å². The molecule has 2 aliphatic rings. The number of aromatic nitrogens is 3. The first-order valence-electron chi connectivity index (χ1n) is 9.80. The van der Waals surface area contributed by atoms with Gasteiger partial charge in [-0.3, -0.25) is 4.79 Å². The molecule has 0 atom stereocenters. The predicted octanol–water partition coefficient (Wildman–Crippen LogP) is 3.80. The van der Waals surface area contributed by atoms with Crippen molar-refractivity contribution in [3.63, 3.8) is 0 Å². The summed E-state index contributed by atoms with van der Waals surface area (Å²) in [7, 11) is 1.55. The van der Waals surface area contributed by atoms with Crippen LogP contribution in [-0.4, -0.2) is 46.0 Å². The van der Waals surface area contributed by atoms with Gasteiger partial charge in [-0.1, -0.05) is 6.08 Å². The quantitative estimate of drug-likeness (QED) is 0.733. The van der Waals surface area contributed by atoms with Crippen LogP contribution in [0.5, 0.6) is 5.75 Å². The molecule has 29 heavy (non-hydrogen) atoms. The van der Waals surface area contributed by atoms with E-state index in [1.165, 1.54) is 18.5 Å². The van der Waals surface area contributed by atoms with Gasteiger partial charge >= 0.3 is 0 Å². The Bertz CT molecular complexity index is 1130. The smallest absolute Gasteiger partial charge is 0.225 e. The summed E-state index contributed by atoms with van der Waals surface area (Å²) in [6, 6.07) is 6.39. The highest BCUT2D eigenvalue weighted by atomic mass is 19.1. The van der Waals surface area contributed by atoms with Crippen LogP contribution in [0.15, 0.2) is 36.7 Å². The Labute approximate surface area is 167 Å². The first kappa shape index (κ1) is 17.8. The second kappa shape index (κ2) is 6.99. The Morgan fingerprint density at radius 3 is 2.86 bits per heavy atom. The maximum Gasteiger partial charge on any atom is 0.225 e. The number of hydrogen-bond donors (Lipinski definition) is 1. The van der Waals surface area contributed by atoms with Crippen molar-refractivity contribution in [2.24, 2.45) is 5.92 Å². The molecule has 1 fully saturated rings. The lowest BCUT2D eigenvalue weighted by Crippen LogP contribution is -2.35. The number of methoxy groups -OCH3 is 1. The molecule has 6 nitrogen and oxygen atoms in total. The van der Waals surface area contributed by atoms with Crippen molar-refractivity contribution in [2.45, 2.75) is 19.3 Å². The fourth-order valence-electron chi connectivity index (χ4n) is 3.90. The third-order valence-corrected chi connectivity index (χ3v) is 5.64. The van der Waals surface area contributed by atoms with Gasteiger partial charge in [0.25, 0.3) is 0 Å². The van der Waals surface area contributed by atoms with Gasteiger partial charge in [0.05, 0.1) is 12.8 Å². The average Bonchev–Trinajstić information content (AvgIpc) is 3.51. The first-order chi connectivity index (χ1) is 14.1. The van der Waals surface area contributed by atoms with Crippen LogP contribution in [0.2, 0.25) is 0 Å². The zero-order chi connectivity index (χ0) is 20.0. The second-order valence-electron chi connectivity index (χ2n) is 7.55. The highest BCUT2D eigenvalue weighted by Gasteiger charge is 2.33. The zero-order valence-electron chi connectivity index (χ0n) is 16.1. The number of carbonyl (C=O) groups is 1. The monoisotopic (exact) mass is 392 g/mol. The molecule has 148 valence electrons. The van der Waals surface area contributed by atoms with Crippen LogP contribution < -0.4 is 4.74 Å². The standard InChI is InChI=1S/C22H21FN4O2/c1-29-19-5-4-15(23)10-16(19)20-17-11-18(26-21(17)25-12-24-20)13-6-8-27(9-7-13)22(28)14-2-3-14/h4-6,10-12,14H,2-3,7-9H2,1H3,(H,24,25,26). The number of amides is 1. The van der Waals surface area contributed by atoms with Gasteiger partial charge in [0.1, 0.15) is 23.5 Å². The molecule has 0 spiro atoms. The molecule has 1 aliphatic carbocycles. The Balaban J connectivity index is 1.50. The number of nitrogens with one attached hydrogen (secondary N) is 1. The van der Waals surface area contributed by atoms with Crippen molar-refractivity contribution >= 4 is 22.5 Å². The van der Waals surface area contributed by atoms with Gasteiger partial charge in [0.15, 0.2) is 0 Å². The molecule has 0 saturated heterocycles. The summed E-state index contributed by atoms with van der Waals surface area (Å²) in [5.41, 5.74) is 4.00. The molecule has 0 bridgehead atoms. The van der Waals surface area contributed by atoms with E-state index in [0.29, 0.717) is 29.2 Å². The van der Waals surface area contributed by atoms with Gasteiger partial charge < -0.3 is 14.6 Å². The second-order valence-corrected chi connectivity index (χ2v) is 7.55. The van der Waals surface area contributed by atoms with Gasteiger partial charge in [0.2, 0.25) is 5.91 Å². The van der Waals surface area contributed by atoms with Crippen LogP contribution in [0.1, 0.15) is 25.0 Å². The van der Waals surface area contributed by atoms with Crippen molar-refractivity contribution in [2.75, 3.05) is 20.2 Å². The van der Waals surface area contributed by atoms with Gasteiger partial charge in [-0.05, 0) is 49.1 Å². The lowest BCUT2D eigenvalue weighted by atomic mass is 10.0. The van der Waals surface area contributed by atoms with E-state index in [-0.39, 0.29) is 17.6 Å². The van der Waals surface area contributed by atoms with Crippen molar-refractivity contribution in [3.05, 3.63) is 48.2 Å². The van der Waals surface area contributed by atoms with Gasteiger partial charge in [-0.25, -0.2) is 14.4 Å². The van der Waals surface area contributed by atoms with Crippen LogP contribution >= 0.6 is 0 Å². The van der Waals surface area contributed by atoms with Crippen molar-refractivity contribution in [3.8, 4) is 17.0 Å². The van der Waals surface area contributed by atoms with Crippen LogP contribution in [0.4, 0.5) is 4.39 Å². The molecule has 1 amide bonds. The summed E-state index contributed by atoms with van der Waals surface area (Å²) < 4.78 is 19.3. The molecule has 1 N–H and O–H groups in total. The molecular weight excluding hydrogens is 371 g/mol. The SMILES string of the molecule is COc1ccc(F)cc1-c1ncnc2[nH]c(C3=CCN(C(=O)C4CC4)CC3)cc12. The summed E-state index contributed by atoms with van der Waals surface area (Å²) in [5, 5.41) is 0.809. The predicted molar refractivity (Wildman–Crippen MR) is 108 cm³/mol. The van der Waals surface area contributed by atoms with E-state index < -0.39 is 0 Å². The maximum atomic E-state index is 13.9. The lowest BCUT2D eigenvalue weighted by molar-refractivity contribution is -0.132. The fourth-order valence-corrected chi connectivity index (χ4v) is 3.90. The molecule has 0 radical (unpaired) electrons. The Kier molecular flexibility index (Phi) is 4.30. The average molecular weight is 392 g/mol. The number of halogens is 1. The highest BCUT2D eigenvalue weighted by Crippen LogP contribution is 2.36. The largest absolute Gasteiger partial charge is 0.496 e. The molecule has 1 aliphatic heterocycles. The van der Waals surface area contributed by atoms with Crippen LogP contribution in [0.3, 0.4) is 0 Å². The van der Waals surface area contributed by atoms with E-state index in [0.717, 1.165) is 42.5 Å². The van der Waals surface area contributed by atoms with Gasteiger partial charge in [-0.15, -0.1) is 0 Å². The molecule has 1 saturated carbocycles. The lowest BCUT2D eigenvalue weighted by Gasteiger charge is -2.26. The number of ether oxygens (including phenoxy) is 1. The molecular formula is C22H21FN4O2. The van der Waals surface area contributed by atoms with E-state index in [9.17, 15) is 9.18 Å². The number of rotatable bonds is 4. The minimum absolute atomic E-state index is 0.247. The number of nitrogens with zero attached hydrogens (tertiary/aromatic N) is 3. The molecule has 7 heteroatoms. The number of carbonyl (C=O) groups excluding carboxylic acids is 1. The summed E-state index contributed by atoms with van der Waals surface area (Å²) >= 11 is 0. The number of aromatic amines is 1. The topological polar surface area (TPSA) is 71.1 Å². The van der Waals surface area contributed by atoms with E-state index in [1.807, 2.05) is 11.0 Å². The molecule has 5 rings (SSSR count). The Hall–Kier alpha value is -3.22.